The minimum absolute atomic E-state index is 0.137. The highest BCUT2D eigenvalue weighted by molar-refractivity contribution is 5.78. The molecule has 0 bridgehead atoms. The van der Waals surface area contributed by atoms with Crippen molar-refractivity contribution < 1.29 is 9.53 Å². The van der Waals surface area contributed by atoms with E-state index in [1.54, 1.807) is 0 Å². The maximum atomic E-state index is 13.0. The average molecular weight is 391 g/mol. The van der Waals surface area contributed by atoms with Gasteiger partial charge < -0.3 is 14.0 Å². The smallest absolute Gasteiger partial charge is 0.228 e. The summed E-state index contributed by atoms with van der Waals surface area (Å²) in [5.74, 6) is 0.910. The van der Waals surface area contributed by atoms with Gasteiger partial charge in [-0.25, -0.2) is 15.0 Å². The number of piperidine rings is 1. The highest BCUT2D eigenvalue weighted by Gasteiger charge is 2.43. The molecule has 5 heterocycles. The first kappa shape index (κ1) is 18.2. The molecule has 0 aliphatic carbocycles. The number of rotatable bonds is 2. The van der Waals surface area contributed by atoms with E-state index in [9.17, 15) is 4.79 Å². The van der Waals surface area contributed by atoms with Gasteiger partial charge in [0.1, 0.15) is 17.1 Å². The first-order valence-electron chi connectivity index (χ1n) is 10.2. The molecular formula is C22H25N5O2. The molecule has 1 spiro atoms. The summed E-state index contributed by atoms with van der Waals surface area (Å²) < 4.78 is 8.26. The molecule has 0 N–H and O–H groups in total. The van der Waals surface area contributed by atoms with E-state index in [1.807, 2.05) is 53.9 Å². The van der Waals surface area contributed by atoms with Crippen molar-refractivity contribution in [3.63, 3.8) is 0 Å². The van der Waals surface area contributed by atoms with Crippen LogP contribution >= 0.6 is 0 Å². The van der Waals surface area contributed by atoms with Gasteiger partial charge in [0.25, 0.3) is 0 Å². The van der Waals surface area contributed by atoms with Crippen molar-refractivity contribution in [1.29, 1.82) is 0 Å². The molecule has 0 radical (unpaired) electrons. The third-order valence-electron chi connectivity index (χ3n) is 6.23. The molecule has 29 heavy (non-hydrogen) atoms. The number of carbonyl (C=O) groups excluding carboxylic acids is 1. The number of hydrogen-bond acceptors (Lipinski definition) is 5. The molecule has 7 heteroatoms. The van der Waals surface area contributed by atoms with Crippen LogP contribution in [0.25, 0.3) is 5.65 Å². The van der Waals surface area contributed by atoms with E-state index in [-0.39, 0.29) is 11.5 Å². The fourth-order valence-corrected chi connectivity index (χ4v) is 4.60. The zero-order valence-corrected chi connectivity index (χ0v) is 16.9. The number of imidazole rings is 1. The normalized spacial score (nSPS) is 18.2. The molecule has 0 unspecified atom stereocenters. The van der Waals surface area contributed by atoms with Gasteiger partial charge in [-0.3, -0.25) is 4.79 Å². The average Bonchev–Trinajstić information content (AvgIpc) is 3.13. The Bertz CT molecular complexity index is 1080. The summed E-state index contributed by atoms with van der Waals surface area (Å²) in [5, 5.41) is 0. The molecule has 0 saturated carbocycles. The van der Waals surface area contributed by atoms with E-state index in [1.165, 1.54) is 5.56 Å². The van der Waals surface area contributed by atoms with Gasteiger partial charge in [-0.1, -0.05) is 6.07 Å². The summed E-state index contributed by atoms with van der Waals surface area (Å²) in [5.41, 5.74) is 4.78. The van der Waals surface area contributed by atoms with Crippen LogP contribution in [0.5, 0.6) is 0 Å². The van der Waals surface area contributed by atoms with Crippen LogP contribution in [0.3, 0.4) is 0 Å². The van der Waals surface area contributed by atoms with Gasteiger partial charge in [0, 0.05) is 31.7 Å². The minimum atomic E-state index is -0.377. The summed E-state index contributed by atoms with van der Waals surface area (Å²) in [7, 11) is 0. The molecule has 0 atom stereocenters. The largest absolute Gasteiger partial charge is 0.368 e. The molecule has 1 saturated heterocycles. The predicted octanol–water partition coefficient (Wildman–Crippen LogP) is 2.37. The van der Waals surface area contributed by atoms with Crippen LogP contribution in [-0.4, -0.2) is 49.9 Å². The molecule has 1 fully saturated rings. The first-order chi connectivity index (χ1) is 14.1. The Kier molecular flexibility index (Phi) is 4.35. The third kappa shape index (κ3) is 3.09. The number of fused-ring (bicyclic) bond motifs is 3. The predicted molar refractivity (Wildman–Crippen MR) is 108 cm³/mol. The Hall–Kier alpha value is -2.80. The Labute approximate surface area is 169 Å². The summed E-state index contributed by atoms with van der Waals surface area (Å²) in [6, 6.07) is 4.02. The van der Waals surface area contributed by atoms with Crippen molar-refractivity contribution in [2.75, 3.05) is 19.7 Å². The standard InChI is InChI=1S/C22H25N5O2/c1-15-4-3-8-27-18(14-24-21(15)27)12-19(28)26-9-6-22(7-10-26)20-17(5-11-29-22)13-23-16(2)25-20/h3-4,8,13-14H,5-7,9-12H2,1-2H3. The van der Waals surface area contributed by atoms with Crippen LogP contribution < -0.4 is 0 Å². The third-order valence-corrected chi connectivity index (χ3v) is 6.23. The van der Waals surface area contributed by atoms with Crippen molar-refractivity contribution in [3.8, 4) is 0 Å². The molecule has 2 aliphatic rings. The van der Waals surface area contributed by atoms with E-state index in [0.29, 0.717) is 26.1 Å². The fraction of sp³-hybridized carbons (Fsp3) is 0.455. The number of aromatic nitrogens is 4. The van der Waals surface area contributed by atoms with Gasteiger partial charge in [-0.15, -0.1) is 0 Å². The molecule has 150 valence electrons. The quantitative estimate of drug-likeness (QED) is 0.671. The molecular weight excluding hydrogens is 366 g/mol. The molecule has 5 rings (SSSR count). The van der Waals surface area contributed by atoms with Crippen LogP contribution in [0, 0.1) is 13.8 Å². The lowest BCUT2D eigenvalue weighted by Gasteiger charge is -2.44. The second-order valence-electron chi connectivity index (χ2n) is 8.08. The number of carbonyl (C=O) groups is 1. The molecule has 7 nitrogen and oxygen atoms in total. The van der Waals surface area contributed by atoms with Crippen LogP contribution in [0.4, 0.5) is 0 Å². The monoisotopic (exact) mass is 391 g/mol. The van der Waals surface area contributed by atoms with Crippen LogP contribution in [0.15, 0.2) is 30.7 Å². The Morgan fingerprint density at radius 3 is 2.86 bits per heavy atom. The lowest BCUT2D eigenvalue weighted by atomic mass is 9.83. The molecule has 3 aromatic heterocycles. The number of hydrogen-bond donors (Lipinski definition) is 0. The lowest BCUT2D eigenvalue weighted by molar-refractivity contribution is -0.140. The SMILES string of the molecule is Cc1ncc2c(n1)C1(CCN(C(=O)Cc3cnc4c(C)cccn34)CC1)OCC2. The van der Waals surface area contributed by atoms with Gasteiger partial charge in [0.05, 0.1) is 24.4 Å². The van der Waals surface area contributed by atoms with Gasteiger partial charge >= 0.3 is 0 Å². The van der Waals surface area contributed by atoms with Gasteiger partial charge in [-0.2, -0.15) is 0 Å². The van der Waals surface area contributed by atoms with Crippen LogP contribution in [0.1, 0.15) is 41.2 Å². The van der Waals surface area contributed by atoms with Crippen molar-refractivity contribution in [3.05, 3.63) is 59.1 Å². The second kappa shape index (κ2) is 6.91. The van der Waals surface area contributed by atoms with E-state index in [2.05, 4.69) is 9.97 Å². The van der Waals surface area contributed by atoms with Crippen molar-refractivity contribution in [2.45, 2.75) is 45.1 Å². The van der Waals surface area contributed by atoms with Crippen LogP contribution in [0.2, 0.25) is 0 Å². The van der Waals surface area contributed by atoms with Crippen molar-refractivity contribution in [2.24, 2.45) is 0 Å². The number of aryl methyl sites for hydroxylation is 2. The van der Waals surface area contributed by atoms with Crippen LogP contribution in [-0.2, 0) is 28.0 Å². The Morgan fingerprint density at radius 2 is 2.03 bits per heavy atom. The topological polar surface area (TPSA) is 72.6 Å². The number of ether oxygens (including phenoxy) is 1. The highest BCUT2D eigenvalue weighted by Crippen LogP contribution is 2.40. The molecule has 0 aromatic carbocycles. The minimum Gasteiger partial charge on any atom is -0.368 e. The van der Waals surface area contributed by atoms with Crippen molar-refractivity contribution in [1.82, 2.24) is 24.3 Å². The van der Waals surface area contributed by atoms with Gasteiger partial charge in [-0.05, 0) is 50.3 Å². The Balaban J connectivity index is 1.32. The summed E-state index contributed by atoms with van der Waals surface area (Å²) in [6.07, 6.45) is 8.48. The van der Waals surface area contributed by atoms with E-state index in [4.69, 9.17) is 9.72 Å². The maximum Gasteiger partial charge on any atom is 0.228 e. The number of likely N-dealkylation sites (tertiary alicyclic amines) is 1. The van der Waals surface area contributed by atoms with E-state index in [0.717, 1.165) is 47.7 Å². The highest BCUT2D eigenvalue weighted by atomic mass is 16.5. The Morgan fingerprint density at radius 1 is 1.21 bits per heavy atom. The summed E-state index contributed by atoms with van der Waals surface area (Å²) in [6.45, 7) is 5.99. The van der Waals surface area contributed by atoms with Crippen molar-refractivity contribution >= 4 is 11.6 Å². The van der Waals surface area contributed by atoms with Gasteiger partial charge in [0.15, 0.2) is 0 Å². The molecule has 1 amide bonds. The number of pyridine rings is 1. The maximum absolute atomic E-state index is 13.0. The van der Waals surface area contributed by atoms with E-state index >= 15 is 0 Å². The van der Waals surface area contributed by atoms with Gasteiger partial charge in [0.2, 0.25) is 5.91 Å². The summed E-state index contributed by atoms with van der Waals surface area (Å²) in [4.78, 5) is 28.5. The lowest BCUT2D eigenvalue weighted by Crippen LogP contribution is -2.49. The molecule has 3 aromatic rings. The zero-order valence-electron chi connectivity index (χ0n) is 16.9. The number of amides is 1. The first-order valence-corrected chi connectivity index (χ1v) is 10.2. The fourth-order valence-electron chi connectivity index (χ4n) is 4.60. The number of nitrogens with zero attached hydrogens (tertiary/aromatic N) is 5. The second-order valence-corrected chi connectivity index (χ2v) is 8.08. The summed E-state index contributed by atoms with van der Waals surface area (Å²) >= 11 is 0. The zero-order chi connectivity index (χ0) is 20.0. The molecule has 2 aliphatic heterocycles. The van der Waals surface area contributed by atoms with E-state index < -0.39 is 0 Å².